The van der Waals surface area contributed by atoms with Gasteiger partial charge in [0.2, 0.25) is 0 Å². The molecule has 3 aliphatic carbocycles. The van der Waals surface area contributed by atoms with Gasteiger partial charge in [-0.15, -0.1) is 0 Å². The molecule has 0 amide bonds. The van der Waals surface area contributed by atoms with Crippen LogP contribution in [0.5, 0.6) is 0 Å². The first-order valence-electron chi connectivity index (χ1n) is 14.0. The number of allylic oxidation sites excluding steroid dienone is 1. The number of carbonyl (C=O) groups is 1. The Kier molecular flexibility index (Phi) is 6.43. The number of hydrogen-bond acceptors (Lipinski definition) is 4. The minimum Gasteiger partial charge on any atom is -0.481 e. The van der Waals surface area contributed by atoms with Crippen LogP contribution in [-0.2, 0) is 9.53 Å². The van der Waals surface area contributed by atoms with Crippen LogP contribution in [0.4, 0.5) is 0 Å². The van der Waals surface area contributed by atoms with Gasteiger partial charge in [-0.1, -0.05) is 32.9 Å². The zero-order chi connectivity index (χ0) is 26.2. The molecule has 9 atom stereocenters. The summed E-state index contributed by atoms with van der Waals surface area (Å²) in [5.41, 5.74) is -0.323. The fraction of sp³-hybridized carbons (Fsp3) is 0.900. The Labute approximate surface area is 212 Å². The number of aliphatic hydroxyl groups is 2. The van der Waals surface area contributed by atoms with E-state index < -0.39 is 23.0 Å². The lowest BCUT2D eigenvalue weighted by atomic mass is 9.38. The molecule has 0 aromatic heterocycles. The van der Waals surface area contributed by atoms with Gasteiger partial charge in [0.05, 0.1) is 5.60 Å². The summed E-state index contributed by atoms with van der Waals surface area (Å²) < 4.78 is 6.43. The molecule has 0 bridgehead atoms. The molecule has 4 aliphatic rings. The Bertz CT molecular complexity index is 876. The third-order valence-corrected chi connectivity index (χ3v) is 12.2. The Hall–Kier alpha value is -0.910. The first-order valence-corrected chi connectivity index (χ1v) is 14.0. The minimum atomic E-state index is -1.50. The molecule has 4 rings (SSSR count). The van der Waals surface area contributed by atoms with Crippen molar-refractivity contribution in [1.82, 2.24) is 0 Å². The quantitative estimate of drug-likeness (QED) is 0.379. The third-order valence-electron chi connectivity index (χ3n) is 12.2. The lowest BCUT2D eigenvalue weighted by Gasteiger charge is -2.66. The van der Waals surface area contributed by atoms with Crippen LogP contribution in [0.25, 0.3) is 0 Å². The van der Waals surface area contributed by atoms with Gasteiger partial charge in [0.1, 0.15) is 5.60 Å². The second kappa shape index (κ2) is 8.30. The average molecular weight is 491 g/mol. The van der Waals surface area contributed by atoms with Gasteiger partial charge < -0.3 is 20.1 Å². The molecule has 35 heavy (non-hydrogen) atoms. The van der Waals surface area contributed by atoms with E-state index in [-0.39, 0.29) is 22.7 Å². The fourth-order valence-electron chi connectivity index (χ4n) is 9.97. The maximum absolute atomic E-state index is 11.6. The van der Waals surface area contributed by atoms with Crippen molar-refractivity contribution in [2.75, 3.05) is 0 Å². The van der Waals surface area contributed by atoms with Crippen LogP contribution in [0.15, 0.2) is 12.2 Å². The number of hydrogen-bond donors (Lipinski definition) is 3. The number of fused-ring (bicyclic) bond motifs is 3. The van der Waals surface area contributed by atoms with Crippen LogP contribution < -0.4 is 0 Å². The zero-order valence-electron chi connectivity index (χ0n) is 23.2. The average Bonchev–Trinajstić information content (AvgIpc) is 3.25. The van der Waals surface area contributed by atoms with Gasteiger partial charge in [-0.3, -0.25) is 4.79 Å². The van der Waals surface area contributed by atoms with Crippen molar-refractivity contribution >= 4 is 5.97 Å². The molecular formula is C30H50O5. The maximum atomic E-state index is 11.6. The van der Waals surface area contributed by atoms with Crippen LogP contribution in [0.3, 0.4) is 0 Å². The Balaban J connectivity index is 1.66. The highest BCUT2D eigenvalue weighted by Crippen LogP contribution is 2.74. The van der Waals surface area contributed by atoms with E-state index in [9.17, 15) is 20.1 Å². The number of aliphatic carboxylic acids is 1. The standard InChI is InChI=1S/C30H50O5/c1-19(2)20-11-16-28(7)23(26(20,5)14-13-24(31)32)10-9-21-22(12-15-27(21,28)6)29(8)17-18-30(34,35-29)25(3,4)33/h20-23,33-34H,1,9-18H2,2-8H3,(H,31,32)/t20-,21+,22-,23+,26-,27+,28+,29-,30+/m0/s1. The minimum absolute atomic E-state index is 0.0573. The summed E-state index contributed by atoms with van der Waals surface area (Å²) in [4.78, 5) is 11.6. The van der Waals surface area contributed by atoms with Gasteiger partial charge >= 0.3 is 5.97 Å². The molecule has 5 heteroatoms. The molecule has 0 aromatic carbocycles. The number of carboxylic acids is 1. The summed E-state index contributed by atoms with van der Waals surface area (Å²) in [6, 6.07) is 0. The summed E-state index contributed by atoms with van der Waals surface area (Å²) >= 11 is 0. The third kappa shape index (κ3) is 3.85. The Morgan fingerprint density at radius 3 is 2.14 bits per heavy atom. The second-order valence-corrected chi connectivity index (χ2v) is 14.3. The van der Waals surface area contributed by atoms with E-state index in [0.29, 0.717) is 36.5 Å². The molecule has 0 spiro atoms. The van der Waals surface area contributed by atoms with Gasteiger partial charge in [0, 0.05) is 12.8 Å². The Morgan fingerprint density at radius 1 is 0.971 bits per heavy atom. The van der Waals surface area contributed by atoms with E-state index in [0.717, 1.165) is 44.9 Å². The van der Waals surface area contributed by atoms with E-state index in [1.165, 1.54) is 5.57 Å². The van der Waals surface area contributed by atoms with Gasteiger partial charge in [-0.2, -0.15) is 0 Å². The summed E-state index contributed by atoms with van der Waals surface area (Å²) in [7, 11) is 0. The lowest BCUT2D eigenvalue weighted by Crippen LogP contribution is -2.60. The van der Waals surface area contributed by atoms with Crippen molar-refractivity contribution in [3.05, 3.63) is 12.2 Å². The number of rotatable bonds is 6. The van der Waals surface area contributed by atoms with E-state index in [1.54, 1.807) is 13.8 Å². The highest BCUT2D eigenvalue weighted by molar-refractivity contribution is 5.66. The largest absolute Gasteiger partial charge is 0.481 e. The summed E-state index contributed by atoms with van der Waals surface area (Å²) in [5, 5.41) is 31.3. The van der Waals surface area contributed by atoms with Gasteiger partial charge in [-0.05, 0) is 119 Å². The van der Waals surface area contributed by atoms with Crippen molar-refractivity contribution in [3.63, 3.8) is 0 Å². The van der Waals surface area contributed by atoms with Gasteiger partial charge in [0.15, 0.2) is 5.79 Å². The predicted molar refractivity (Wildman–Crippen MR) is 138 cm³/mol. The topological polar surface area (TPSA) is 87.0 Å². The molecule has 0 unspecified atom stereocenters. The van der Waals surface area contributed by atoms with Gasteiger partial charge in [0.25, 0.3) is 0 Å². The van der Waals surface area contributed by atoms with Crippen molar-refractivity contribution < 1.29 is 24.9 Å². The van der Waals surface area contributed by atoms with Crippen LogP contribution in [0.1, 0.15) is 113 Å². The molecule has 1 saturated heterocycles. The summed E-state index contributed by atoms with van der Waals surface area (Å²) in [5.74, 6) is -0.513. The monoisotopic (exact) mass is 490 g/mol. The predicted octanol–water partition coefficient (Wildman–Crippen LogP) is 6.32. The number of carboxylic acid groups (broad SMARTS) is 1. The first kappa shape index (κ1) is 27.1. The van der Waals surface area contributed by atoms with Crippen LogP contribution in [0, 0.1) is 39.9 Å². The molecule has 3 N–H and O–H groups in total. The van der Waals surface area contributed by atoms with Crippen LogP contribution in [0.2, 0.25) is 0 Å². The molecule has 4 fully saturated rings. The first-order chi connectivity index (χ1) is 15.9. The van der Waals surface area contributed by atoms with Crippen molar-refractivity contribution in [3.8, 4) is 0 Å². The van der Waals surface area contributed by atoms with E-state index >= 15 is 0 Å². The molecule has 5 nitrogen and oxygen atoms in total. The molecule has 200 valence electrons. The summed E-state index contributed by atoms with van der Waals surface area (Å²) in [6.45, 7) is 19.3. The van der Waals surface area contributed by atoms with Crippen LogP contribution in [-0.4, -0.2) is 38.3 Å². The second-order valence-electron chi connectivity index (χ2n) is 14.3. The van der Waals surface area contributed by atoms with Crippen molar-refractivity contribution in [1.29, 1.82) is 0 Å². The number of ether oxygens (including phenoxy) is 1. The maximum Gasteiger partial charge on any atom is 0.303 e. The van der Waals surface area contributed by atoms with Crippen LogP contribution >= 0.6 is 0 Å². The normalized spacial score (nSPS) is 50.0. The van der Waals surface area contributed by atoms with E-state index in [4.69, 9.17) is 4.74 Å². The molecule has 1 heterocycles. The van der Waals surface area contributed by atoms with E-state index in [2.05, 4.69) is 41.2 Å². The van der Waals surface area contributed by atoms with Crippen molar-refractivity contribution in [2.45, 2.75) is 130 Å². The Morgan fingerprint density at radius 2 is 1.60 bits per heavy atom. The fourth-order valence-corrected chi connectivity index (χ4v) is 9.97. The van der Waals surface area contributed by atoms with Crippen molar-refractivity contribution in [2.24, 2.45) is 39.9 Å². The summed E-state index contributed by atoms with van der Waals surface area (Å²) in [6.07, 6.45) is 8.84. The molecule has 0 radical (unpaired) electrons. The molecule has 0 aromatic rings. The molecular weight excluding hydrogens is 440 g/mol. The van der Waals surface area contributed by atoms with E-state index in [1.807, 2.05) is 0 Å². The van der Waals surface area contributed by atoms with Gasteiger partial charge in [-0.25, -0.2) is 0 Å². The zero-order valence-corrected chi connectivity index (χ0v) is 23.2. The highest BCUT2D eigenvalue weighted by atomic mass is 16.7. The molecule has 1 aliphatic heterocycles. The highest BCUT2D eigenvalue weighted by Gasteiger charge is 2.69. The SMILES string of the molecule is C=C(C)[C@@H]1CC[C@]2(C)[C@H](CC[C@@H]3[C@@H]([C@]4(C)CC[C@](O)(C(C)(C)O)O4)CC[C@]32C)[C@@]1(C)CCC(=O)O. The smallest absolute Gasteiger partial charge is 0.303 e. The lowest BCUT2D eigenvalue weighted by molar-refractivity contribution is -0.305. The molecule has 3 saturated carbocycles.